The molecule has 4 atom stereocenters. The first-order valence-corrected chi connectivity index (χ1v) is 7.33. The number of hydrogen-bond acceptors (Lipinski definition) is 2. The molecular weight excluding hydrogens is 210 g/mol. The second-order valence-electron chi connectivity index (χ2n) is 6.16. The second kappa shape index (κ2) is 7.38. The predicted molar refractivity (Wildman–Crippen MR) is 74.2 cm³/mol. The SMILES string of the molecule is CCC(COC)NC1CC(C)CCC1C(C)C. The normalized spacial score (nSPS) is 31.8. The lowest BCUT2D eigenvalue weighted by molar-refractivity contribution is 0.118. The molecule has 17 heavy (non-hydrogen) atoms. The first kappa shape index (κ1) is 15.0. The van der Waals surface area contributed by atoms with E-state index in [0.29, 0.717) is 12.1 Å². The molecule has 0 heterocycles. The molecule has 0 radical (unpaired) electrons. The van der Waals surface area contributed by atoms with E-state index in [2.05, 4.69) is 33.0 Å². The monoisotopic (exact) mass is 241 g/mol. The highest BCUT2D eigenvalue weighted by molar-refractivity contribution is 4.87. The summed E-state index contributed by atoms with van der Waals surface area (Å²) in [6.07, 6.45) is 5.29. The number of methoxy groups -OCH3 is 1. The van der Waals surface area contributed by atoms with Gasteiger partial charge in [-0.2, -0.15) is 0 Å². The van der Waals surface area contributed by atoms with Crippen molar-refractivity contribution in [3.8, 4) is 0 Å². The molecule has 1 aliphatic carbocycles. The van der Waals surface area contributed by atoms with E-state index >= 15 is 0 Å². The standard InChI is InChI=1S/C15H31NO/c1-6-13(10-17-5)16-15-9-12(4)7-8-14(15)11(2)3/h11-16H,6-10H2,1-5H3. The molecule has 0 aromatic rings. The van der Waals surface area contributed by atoms with Crippen molar-refractivity contribution in [2.75, 3.05) is 13.7 Å². The quantitative estimate of drug-likeness (QED) is 0.769. The molecule has 4 unspecified atom stereocenters. The van der Waals surface area contributed by atoms with Crippen molar-refractivity contribution in [2.45, 2.75) is 65.5 Å². The van der Waals surface area contributed by atoms with Crippen molar-refractivity contribution in [1.82, 2.24) is 5.32 Å². The van der Waals surface area contributed by atoms with E-state index < -0.39 is 0 Å². The van der Waals surface area contributed by atoms with E-state index in [-0.39, 0.29) is 0 Å². The van der Waals surface area contributed by atoms with Gasteiger partial charge in [0.15, 0.2) is 0 Å². The smallest absolute Gasteiger partial charge is 0.0615 e. The van der Waals surface area contributed by atoms with Gasteiger partial charge in [-0.25, -0.2) is 0 Å². The van der Waals surface area contributed by atoms with Gasteiger partial charge in [0.1, 0.15) is 0 Å². The first-order valence-electron chi connectivity index (χ1n) is 7.33. The molecule has 1 aliphatic rings. The summed E-state index contributed by atoms with van der Waals surface area (Å²) in [7, 11) is 1.80. The Morgan fingerprint density at radius 2 is 2.00 bits per heavy atom. The Balaban J connectivity index is 2.55. The van der Waals surface area contributed by atoms with E-state index in [1.807, 2.05) is 0 Å². The summed E-state index contributed by atoms with van der Waals surface area (Å²) in [5, 5.41) is 3.84. The minimum Gasteiger partial charge on any atom is -0.383 e. The minimum atomic E-state index is 0.525. The molecule has 102 valence electrons. The van der Waals surface area contributed by atoms with Gasteiger partial charge in [-0.3, -0.25) is 0 Å². The number of rotatable bonds is 6. The van der Waals surface area contributed by atoms with Crippen LogP contribution < -0.4 is 5.32 Å². The molecule has 1 fully saturated rings. The molecule has 2 nitrogen and oxygen atoms in total. The summed E-state index contributed by atoms with van der Waals surface area (Å²) in [4.78, 5) is 0. The van der Waals surface area contributed by atoms with Crippen LogP contribution in [0, 0.1) is 17.8 Å². The average Bonchev–Trinajstić information content (AvgIpc) is 2.28. The lowest BCUT2D eigenvalue weighted by Crippen LogP contribution is -2.48. The van der Waals surface area contributed by atoms with E-state index in [4.69, 9.17) is 4.74 Å². The van der Waals surface area contributed by atoms with Crippen LogP contribution in [0.4, 0.5) is 0 Å². The molecule has 0 bridgehead atoms. The minimum absolute atomic E-state index is 0.525. The lowest BCUT2D eigenvalue weighted by atomic mass is 9.74. The van der Waals surface area contributed by atoms with Gasteiger partial charge in [0.05, 0.1) is 6.61 Å². The molecule has 0 spiro atoms. The zero-order chi connectivity index (χ0) is 12.8. The van der Waals surface area contributed by atoms with E-state index in [0.717, 1.165) is 30.8 Å². The number of nitrogens with one attached hydrogen (secondary N) is 1. The van der Waals surface area contributed by atoms with Crippen LogP contribution in [-0.2, 0) is 4.74 Å². The van der Waals surface area contributed by atoms with Gasteiger partial charge in [0.2, 0.25) is 0 Å². The Morgan fingerprint density at radius 1 is 1.29 bits per heavy atom. The van der Waals surface area contributed by atoms with Gasteiger partial charge in [-0.05, 0) is 37.0 Å². The molecule has 0 aromatic carbocycles. The molecular formula is C15H31NO. The largest absolute Gasteiger partial charge is 0.383 e. The van der Waals surface area contributed by atoms with Gasteiger partial charge in [-0.1, -0.05) is 34.1 Å². The van der Waals surface area contributed by atoms with Crippen molar-refractivity contribution in [3.63, 3.8) is 0 Å². The van der Waals surface area contributed by atoms with Gasteiger partial charge in [0.25, 0.3) is 0 Å². The topological polar surface area (TPSA) is 21.3 Å². The molecule has 0 saturated heterocycles. The van der Waals surface area contributed by atoms with Crippen LogP contribution in [-0.4, -0.2) is 25.8 Å². The van der Waals surface area contributed by atoms with Crippen molar-refractivity contribution in [1.29, 1.82) is 0 Å². The Kier molecular flexibility index (Phi) is 6.50. The van der Waals surface area contributed by atoms with Crippen LogP contribution >= 0.6 is 0 Å². The van der Waals surface area contributed by atoms with E-state index in [1.165, 1.54) is 19.3 Å². The third kappa shape index (κ3) is 4.59. The summed E-state index contributed by atoms with van der Waals surface area (Å²) >= 11 is 0. The number of ether oxygens (including phenoxy) is 1. The highest BCUT2D eigenvalue weighted by atomic mass is 16.5. The van der Waals surface area contributed by atoms with Crippen molar-refractivity contribution in [3.05, 3.63) is 0 Å². The summed E-state index contributed by atoms with van der Waals surface area (Å²) in [6, 6.07) is 1.22. The second-order valence-corrected chi connectivity index (χ2v) is 6.16. The van der Waals surface area contributed by atoms with Crippen LogP contribution in [0.25, 0.3) is 0 Å². The number of hydrogen-bond donors (Lipinski definition) is 1. The van der Waals surface area contributed by atoms with Gasteiger partial charge in [0, 0.05) is 19.2 Å². The molecule has 1 N–H and O–H groups in total. The summed E-state index contributed by atoms with van der Waals surface area (Å²) in [5.41, 5.74) is 0. The third-order valence-electron chi connectivity index (χ3n) is 4.33. The Bertz CT molecular complexity index is 205. The fourth-order valence-corrected chi connectivity index (χ4v) is 3.18. The van der Waals surface area contributed by atoms with E-state index in [1.54, 1.807) is 7.11 Å². The van der Waals surface area contributed by atoms with Crippen molar-refractivity contribution < 1.29 is 4.74 Å². The zero-order valence-electron chi connectivity index (χ0n) is 12.3. The predicted octanol–water partition coefficient (Wildman–Crippen LogP) is 3.46. The molecule has 1 rings (SSSR count). The maximum Gasteiger partial charge on any atom is 0.0615 e. The zero-order valence-corrected chi connectivity index (χ0v) is 12.3. The lowest BCUT2D eigenvalue weighted by Gasteiger charge is -2.39. The van der Waals surface area contributed by atoms with Crippen molar-refractivity contribution >= 4 is 0 Å². The maximum atomic E-state index is 5.30. The Labute approximate surface area is 108 Å². The average molecular weight is 241 g/mol. The fourth-order valence-electron chi connectivity index (χ4n) is 3.18. The summed E-state index contributed by atoms with van der Waals surface area (Å²) < 4.78 is 5.30. The highest BCUT2D eigenvalue weighted by Gasteiger charge is 2.31. The van der Waals surface area contributed by atoms with Crippen LogP contribution in [0.1, 0.15) is 53.4 Å². The molecule has 2 heteroatoms. The van der Waals surface area contributed by atoms with Crippen LogP contribution in [0.5, 0.6) is 0 Å². The summed E-state index contributed by atoms with van der Waals surface area (Å²) in [5.74, 6) is 2.51. The summed E-state index contributed by atoms with van der Waals surface area (Å²) in [6.45, 7) is 10.2. The van der Waals surface area contributed by atoms with Crippen molar-refractivity contribution in [2.24, 2.45) is 17.8 Å². The maximum absolute atomic E-state index is 5.30. The molecule has 0 aromatic heterocycles. The van der Waals surface area contributed by atoms with E-state index in [9.17, 15) is 0 Å². The molecule has 1 saturated carbocycles. The van der Waals surface area contributed by atoms with Crippen LogP contribution in [0.2, 0.25) is 0 Å². The first-order chi connectivity index (χ1) is 8.08. The fraction of sp³-hybridized carbons (Fsp3) is 1.00. The Morgan fingerprint density at radius 3 is 2.53 bits per heavy atom. The van der Waals surface area contributed by atoms with Crippen LogP contribution in [0.3, 0.4) is 0 Å². The molecule has 0 aliphatic heterocycles. The third-order valence-corrected chi connectivity index (χ3v) is 4.33. The highest BCUT2D eigenvalue weighted by Crippen LogP contribution is 2.33. The van der Waals surface area contributed by atoms with Gasteiger partial charge >= 0.3 is 0 Å². The van der Waals surface area contributed by atoms with Crippen LogP contribution in [0.15, 0.2) is 0 Å². The molecule has 0 amide bonds. The van der Waals surface area contributed by atoms with Gasteiger partial charge < -0.3 is 10.1 Å². The van der Waals surface area contributed by atoms with Gasteiger partial charge in [-0.15, -0.1) is 0 Å². The Hall–Kier alpha value is -0.0800.